The minimum atomic E-state index is -0.110. The minimum Gasteiger partial charge on any atom is -0.461 e. The predicted molar refractivity (Wildman–Crippen MR) is 79.2 cm³/mol. The van der Waals surface area contributed by atoms with Crippen LogP contribution in [0.4, 0.5) is 0 Å². The lowest BCUT2D eigenvalue weighted by Crippen LogP contribution is -2.05. The van der Waals surface area contributed by atoms with Gasteiger partial charge in [0.1, 0.15) is 6.61 Å². The molecule has 0 saturated carbocycles. The molecule has 1 aromatic carbocycles. The summed E-state index contributed by atoms with van der Waals surface area (Å²) >= 11 is 5.84. The van der Waals surface area contributed by atoms with E-state index in [1.54, 1.807) is 0 Å². The SMILES string of the molecule is CCCCCCCC(=O)OCc1ccccc1CCl. The van der Waals surface area contributed by atoms with Crippen molar-refractivity contribution in [2.45, 2.75) is 57.9 Å². The summed E-state index contributed by atoms with van der Waals surface area (Å²) in [6.45, 7) is 2.51. The Morgan fingerprint density at radius 1 is 1.11 bits per heavy atom. The lowest BCUT2D eigenvalue weighted by molar-refractivity contribution is -0.145. The molecule has 0 saturated heterocycles. The second kappa shape index (κ2) is 9.85. The van der Waals surface area contributed by atoms with Crippen LogP contribution >= 0.6 is 11.6 Å². The van der Waals surface area contributed by atoms with Gasteiger partial charge in [0.05, 0.1) is 0 Å². The molecule has 3 heteroatoms. The average Bonchev–Trinajstić information content (AvgIpc) is 2.45. The van der Waals surface area contributed by atoms with E-state index in [0.717, 1.165) is 24.0 Å². The Labute approximate surface area is 121 Å². The molecule has 0 aliphatic rings. The number of carbonyl (C=O) groups is 1. The fraction of sp³-hybridized carbons (Fsp3) is 0.562. The number of benzene rings is 1. The van der Waals surface area contributed by atoms with Gasteiger partial charge in [0, 0.05) is 12.3 Å². The number of hydrogen-bond acceptors (Lipinski definition) is 2. The fourth-order valence-electron chi connectivity index (χ4n) is 1.93. The van der Waals surface area contributed by atoms with Gasteiger partial charge in [-0.2, -0.15) is 0 Å². The molecule has 106 valence electrons. The second-order valence-electron chi connectivity index (χ2n) is 4.73. The summed E-state index contributed by atoms with van der Waals surface area (Å²) in [4.78, 5) is 11.6. The first kappa shape index (κ1) is 16.0. The van der Waals surface area contributed by atoms with Crippen molar-refractivity contribution in [1.82, 2.24) is 0 Å². The summed E-state index contributed by atoms with van der Waals surface area (Å²) in [6.07, 6.45) is 6.24. The first-order valence-electron chi connectivity index (χ1n) is 7.06. The summed E-state index contributed by atoms with van der Waals surface area (Å²) < 4.78 is 5.28. The van der Waals surface area contributed by atoms with E-state index in [1.807, 2.05) is 24.3 Å². The number of alkyl halides is 1. The Bertz CT molecular complexity index is 377. The molecular weight excluding hydrogens is 260 g/mol. The number of halogens is 1. The molecular formula is C16H23ClO2. The minimum absolute atomic E-state index is 0.110. The van der Waals surface area contributed by atoms with Crippen LogP contribution in [0.25, 0.3) is 0 Å². The molecule has 0 radical (unpaired) electrons. The van der Waals surface area contributed by atoms with Crippen LogP contribution in [0.3, 0.4) is 0 Å². The van der Waals surface area contributed by atoms with Gasteiger partial charge in [-0.25, -0.2) is 0 Å². The van der Waals surface area contributed by atoms with E-state index < -0.39 is 0 Å². The molecule has 0 atom stereocenters. The summed E-state index contributed by atoms with van der Waals surface area (Å²) in [5.74, 6) is 0.339. The molecule has 1 rings (SSSR count). The van der Waals surface area contributed by atoms with Crippen molar-refractivity contribution in [2.24, 2.45) is 0 Å². The van der Waals surface area contributed by atoms with Gasteiger partial charge in [-0.15, -0.1) is 11.6 Å². The van der Waals surface area contributed by atoms with Crippen LogP contribution in [-0.2, 0) is 22.0 Å². The maximum absolute atomic E-state index is 11.6. The molecule has 0 aromatic heterocycles. The van der Waals surface area contributed by atoms with Gasteiger partial charge in [0.2, 0.25) is 0 Å². The zero-order valence-corrected chi connectivity index (χ0v) is 12.4. The molecule has 0 aliphatic heterocycles. The topological polar surface area (TPSA) is 26.3 Å². The molecule has 0 amide bonds. The third-order valence-electron chi connectivity index (χ3n) is 3.14. The smallest absolute Gasteiger partial charge is 0.306 e. The summed E-state index contributed by atoms with van der Waals surface area (Å²) in [5.41, 5.74) is 2.02. The zero-order valence-electron chi connectivity index (χ0n) is 11.7. The van der Waals surface area contributed by atoms with Crippen LogP contribution in [0.2, 0.25) is 0 Å². The molecule has 0 aliphatic carbocycles. The highest BCUT2D eigenvalue weighted by atomic mass is 35.5. The zero-order chi connectivity index (χ0) is 13.9. The van der Waals surface area contributed by atoms with Gasteiger partial charge in [0.25, 0.3) is 0 Å². The Kier molecular flexibility index (Phi) is 8.31. The van der Waals surface area contributed by atoms with Crippen molar-refractivity contribution in [2.75, 3.05) is 0 Å². The number of hydrogen-bond donors (Lipinski definition) is 0. The Balaban J connectivity index is 2.22. The normalized spacial score (nSPS) is 10.4. The molecule has 2 nitrogen and oxygen atoms in total. The van der Waals surface area contributed by atoms with Crippen molar-refractivity contribution in [1.29, 1.82) is 0 Å². The number of ether oxygens (including phenoxy) is 1. The molecule has 0 spiro atoms. The van der Waals surface area contributed by atoms with Crippen molar-refractivity contribution in [3.05, 3.63) is 35.4 Å². The molecule has 0 N–H and O–H groups in total. The van der Waals surface area contributed by atoms with Crippen LogP contribution in [0.1, 0.15) is 56.6 Å². The Morgan fingerprint density at radius 3 is 2.47 bits per heavy atom. The van der Waals surface area contributed by atoms with Crippen LogP contribution in [-0.4, -0.2) is 5.97 Å². The first-order chi connectivity index (χ1) is 9.27. The largest absolute Gasteiger partial charge is 0.461 e. The second-order valence-corrected chi connectivity index (χ2v) is 4.99. The molecule has 19 heavy (non-hydrogen) atoms. The van der Waals surface area contributed by atoms with Crippen LogP contribution < -0.4 is 0 Å². The maximum Gasteiger partial charge on any atom is 0.306 e. The van der Waals surface area contributed by atoms with E-state index in [-0.39, 0.29) is 5.97 Å². The highest BCUT2D eigenvalue weighted by Gasteiger charge is 2.05. The average molecular weight is 283 g/mol. The lowest BCUT2D eigenvalue weighted by atomic mass is 10.1. The highest BCUT2D eigenvalue weighted by molar-refractivity contribution is 6.17. The van der Waals surface area contributed by atoms with Gasteiger partial charge in [-0.3, -0.25) is 4.79 Å². The fourth-order valence-corrected chi connectivity index (χ4v) is 2.19. The van der Waals surface area contributed by atoms with Crippen LogP contribution in [0.15, 0.2) is 24.3 Å². The van der Waals surface area contributed by atoms with Crippen molar-refractivity contribution >= 4 is 17.6 Å². The number of carbonyl (C=O) groups excluding carboxylic acids is 1. The maximum atomic E-state index is 11.6. The third-order valence-corrected chi connectivity index (χ3v) is 3.42. The molecule has 0 fully saturated rings. The summed E-state index contributed by atoms with van der Waals surface area (Å²) in [7, 11) is 0. The number of esters is 1. The Hall–Kier alpha value is -1.02. The summed E-state index contributed by atoms with van der Waals surface area (Å²) in [5, 5.41) is 0. The standard InChI is InChI=1S/C16H23ClO2/c1-2-3-4-5-6-11-16(18)19-13-15-10-8-7-9-14(15)12-17/h7-10H,2-6,11-13H2,1H3. The van der Waals surface area contributed by atoms with Crippen LogP contribution in [0.5, 0.6) is 0 Å². The van der Waals surface area contributed by atoms with E-state index in [4.69, 9.17) is 16.3 Å². The monoisotopic (exact) mass is 282 g/mol. The van der Waals surface area contributed by atoms with Crippen molar-refractivity contribution in [3.8, 4) is 0 Å². The van der Waals surface area contributed by atoms with Gasteiger partial charge < -0.3 is 4.74 Å². The van der Waals surface area contributed by atoms with E-state index in [2.05, 4.69) is 6.92 Å². The van der Waals surface area contributed by atoms with E-state index in [0.29, 0.717) is 18.9 Å². The van der Waals surface area contributed by atoms with Gasteiger partial charge in [0.15, 0.2) is 0 Å². The van der Waals surface area contributed by atoms with Crippen molar-refractivity contribution < 1.29 is 9.53 Å². The van der Waals surface area contributed by atoms with Crippen molar-refractivity contribution in [3.63, 3.8) is 0 Å². The predicted octanol–water partition coefficient (Wildman–Crippen LogP) is 4.83. The Morgan fingerprint density at radius 2 is 1.79 bits per heavy atom. The molecule has 0 heterocycles. The van der Waals surface area contributed by atoms with Gasteiger partial charge in [-0.05, 0) is 17.5 Å². The number of unbranched alkanes of at least 4 members (excludes halogenated alkanes) is 4. The number of rotatable bonds is 9. The molecule has 1 aromatic rings. The lowest BCUT2D eigenvalue weighted by Gasteiger charge is -2.08. The van der Waals surface area contributed by atoms with E-state index >= 15 is 0 Å². The first-order valence-corrected chi connectivity index (χ1v) is 7.59. The van der Waals surface area contributed by atoms with Gasteiger partial charge in [-0.1, -0.05) is 56.9 Å². The quantitative estimate of drug-likeness (QED) is 0.368. The molecule has 0 bridgehead atoms. The summed E-state index contributed by atoms with van der Waals surface area (Å²) in [6, 6.07) is 7.79. The molecule has 0 unspecified atom stereocenters. The third kappa shape index (κ3) is 6.63. The van der Waals surface area contributed by atoms with E-state index in [9.17, 15) is 4.79 Å². The van der Waals surface area contributed by atoms with Crippen LogP contribution in [0, 0.1) is 0 Å². The van der Waals surface area contributed by atoms with Gasteiger partial charge >= 0.3 is 5.97 Å². The van der Waals surface area contributed by atoms with E-state index in [1.165, 1.54) is 19.3 Å². The highest BCUT2D eigenvalue weighted by Crippen LogP contribution is 2.13.